The summed E-state index contributed by atoms with van der Waals surface area (Å²) >= 11 is 0. The first kappa shape index (κ1) is 23.4. The predicted molar refractivity (Wildman–Crippen MR) is 131 cm³/mol. The van der Waals surface area contributed by atoms with Crippen LogP contribution in [0.4, 0.5) is 5.69 Å². The molecule has 4 rings (SSSR count). The first-order valence-corrected chi connectivity index (χ1v) is 11.6. The van der Waals surface area contributed by atoms with Gasteiger partial charge < -0.3 is 20.6 Å². The second-order valence-electron chi connectivity index (χ2n) is 8.64. The van der Waals surface area contributed by atoms with Crippen molar-refractivity contribution in [2.75, 3.05) is 31.6 Å². The summed E-state index contributed by atoms with van der Waals surface area (Å²) in [4.78, 5) is 39.4. The normalized spacial score (nSPS) is 14.1. The number of nitrogens with one attached hydrogen (secondary N) is 2. The van der Waals surface area contributed by atoms with E-state index < -0.39 is 0 Å². The number of hydrogen-bond donors (Lipinski definition) is 3. The highest BCUT2D eigenvalue weighted by Crippen LogP contribution is 2.20. The van der Waals surface area contributed by atoms with Crippen LogP contribution in [0, 0.1) is 5.92 Å². The molecule has 0 radical (unpaired) electrons. The molecule has 0 unspecified atom stereocenters. The van der Waals surface area contributed by atoms with Crippen LogP contribution in [0.2, 0.25) is 0 Å². The number of likely N-dealkylation sites (tertiary alicyclic amines) is 1. The molecule has 0 aromatic heterocycles. The highest BCUT2D eigenvalue weighted by atomic mass is 16.3. The topological polar surface area (TPSA) is 98.7 Å². The van der Waals surface area contributed by atoms with Crippen LogP contribution in [-0.4, -0.2) is 54.0 Å². The largest absolute Gasteiger partial charge is 0.396 e. The van der Waals surface area contributed by atoms with E-state index in [0.29, 0.717) is 24.3 Å². The summed E-state index contributed by atoms with van der Waals surface area (Å²) < 4.78 is 0. The van der Waals surface area contributed by atoms with Crippen molar-refractivity contribution in [3.05, 3.63) is 77.9 Å². The first-order chi connectivity index (χ1) is 16.5. The van der Waals surface area contributed by atoms with Gasteiger partial charge >= 0.3 is 0 Å². The van der Waals surface area contributed by atoms with Gasteiger partial charge in [-0.1, -0.05) is 48.5 Å². The van der Waals surface area contributed by atoms with Crippen molar-refractivity contribution in [3.8, 4) is 0 Å². The molecule has 3 aromatic carbocycles. The second kappa shape index (κ2) is 10.9. The molecule has 0 aliphatic carbocycles. The quantitative estimate of drug-likeness (QED) is 0.506. The third kappa shape index (κ3) is 5.80. The van der Waals surface area contributed by atoms with Gasteiger partial charge in [0, 0.05) is 30.9 Å². The molecule has 0 bridgehead atoms. The molecule has 1 aliphatic rings. The molecule has 3 aromatic rings. The molecule has 1 saturated heterocycles. The van der Waals surface area contributed by atoms with E-state index in [2.05, 4.69) is 10.6 Å². The molecular weight excluding hydrogens is 430 g/mol. The molecule has 1 aliphatic heterocycles. The Bertz CT molecular complexity index is 1180. The highest BCUT2D eigenvalue weighted by Gasteiger charge is 2.23. The Kier molecular flexibility index (Phi) is 7.54. The van der Waals surface area contributed by atoms with Gasteiger partial charge in [0.1, 0.15) is 0 Å². The SMILES string of the molecule is O=C(Cc1cccc2ccccc12)NCC(=O)Nc1cccc(C(=O)N2CCC(CO)CC2)c1. The summed E-state index contributed by atoms with van der Waals surface area (Å²) in [5.41, 5.74) is 1.91. The lowest BCUT2D eigenvalue weighted by molar-refractivity contribution is -0.123. The minimum absolute atomic E-state index is 0.0871. The van der Waals surface area contributed by atoms with Gasteiger partial charge in [0.2, 0.25) is 11.8 Å². The van der Waals surface area contributed by atoms with Crippen molar-refractivity contribution in [1.82, 2.24) is 10.2 Å². The third-order valence-corrected chi connectivity index (χ3v) is 6.23. The van der Waals surface area contributed by atoms with Crippen molar-refractivity contribution in [2.24, 2.45) is 5.92 Å². The number of amides is 3. The van der Waals surface area contributed by atoms with E-state index in [9.17, 15) is 19.5 Å². The van der Waals surface area contributed by atoms with Crippen LogP contribution in [0.15, 0.2) is 66.7 Å². The zero-order valence-electron chi connectivity index (χ0n) is 19.0. The number of anilines is 1. The minimum atomic E-state index is -0.361. The number of nitrogens with zero attached hydrogens (tertiary/aromatic N) is 1. The van der Waals surface area contributed by atoms with E-state index in [-0.39, 0.29) is 43.2 Å². The molecule has 0 spiro atoms. The zero-order valence-corrected chi connectivity index (χ0v) is 19.0. The van der Waals surface area contributed by atoms with E-state index in [4.69, 9.17) is 0 Å². The Hall–Kier alpha value is -3.71. The first-order valence-electron chi connectivity index (χ1n) is 11.6. The highest BCUT2D eigenvalue weighted by molar-refractivity contribution is 5.98. The van der Waals surface area contributed by atoms with Crippen LogP contribution in [-0.2, 0) is 16.0 Å². The molecule has 34 heavy (non-hydrogen) atoms. The van der Waals surface area contributed by atoms with Crippen molar-refractivity contribution >= 4 is 34.2 Å². The van der Waals surface area contributed by atoms with E-state index in [1.54, 1.807) is 29.2 Å². The lowest BCUT2D eigenvalue weighted by Gasteiger charge is -2.31. The Morgan fingerprint density at radius 1 is 0.912 bits per heavy atom. The Balaban J connectivity index is 1.29. The summed E-state index contributed by atoms with van der Waals surface area (Å²) in [7, 11) is 0. The fraction of sp³-hybridized carbons (Fsp3) is 0.296. The van der Waals surface area contributed by atoms with Gasteiger partial charge in [0.15, 0.2) is 0 Å². The molecular formula is C27H29N3O4. The van der Waals surface area contributed by atoms with E-state index in [1.807, 2.05) is 42.5 Å². The standard InChI is InChI=1S/C27H29N3O4/c31-18-19-11-13-30(14-12-19)27(34)22-8-4-9-23(15-22)29-26(33)17-28-25(32)16-21-7-3-6-20-5-1-2-10-24(20)21/h1-10,15,19,31H,11-14,16-18H2,(H,28,32)(H,29,33). The number of hydrogen-bond acceptors (Lipinski definition) is 4. The van der Waals surface area contributed by atoms with Crippen LogP contribution < -0.4 is 10.6 Å². The van der Waals surface area contributed by atoms with E-state index in [1.165, 1.54) is 0 Å². The number of benzene rings is 3. The summed E-state index contributed by atoms with van der Waals surface area (Å²) in [5, 5.41) is 16.8. The third-order valence-electron chi connectivity index (χ3n) is 6.23. The number of fused-ring (bicyclic) bond motifs is 1. The summed E-state index contributed by atoms with van der Waals surface area (Å²) in [6.45, 7) is 1.23. The summed E-state index contributed by atoms with van der Waals surface area (Å²) in [5.74, 6) is -0.428. The average Bonchev–Trinajstić information content (AvgIpc) is 2.87. The summed E-state index contributed by atoms with van der Waals surface area (Å²) in [6, 6.07) is 20.5. The van der Waals surface area contributed by atoms with Gasteiger partial charge in [0.05, 0.1) is 13.0 Å². The van der Waals surface area contributed by atoms with Crippen LogP contribution in [0.25, 0.3) is 10.8 Å². The molecule has 3 N–H and O–H groups in total. The maximum Gasteiger partial charge on any atom is 0.253 e. The molecule has 0 atom stereocenters. The van der Waals surface area contributed by atoms with Gasteiger partial charge in [-0.3, -0.25) is 14.4 Å². The average molecular weight is 460 g/mol. The van der Waals surface area contributed by atoms with Crippen molar-refractivity contribution in [3.63, 3.8) is 0 Å². The second-order valence-corrected chi connectivity index (χ2v) is 8.64. The molecule has 0 saturated carbocycles. The minimum Gasteiger partial charge on any atom is -0.396 e. The maximum absolute atomic E-state index is 12.8. The van der Waals surface area contributed by atoms with Crippen molar-refractivity contribution in [1.29, 1.82) is 0 Å². The van der Waals surface area contributed by atoms with Gasteiger partial charge in [-0.05, 0) is 53.3 Å². The fourth-order valence-corrected chi connectivity index (χ4v) is 4.30. The zero-order chi connectivity index (χ0) is 23.9. The van der Waals surface area contributed by atoms with E-state index in [0.717, 1.165) is 29.2 Å². The van der Waals surface area contributed by atoms with Gasteiger partial charge in [-0.2, -0.15) is 0 Å². The molecule has 1 heterocycles. The Morgan fingerprint density at radius 3 is 2.44 bits per heavy atom. The van der Waals surface area contributed by atoms with Gasteiger partial charge in [-0.15, -0.1) is 0 Å². The van der Waals surface area contributed by atoms with Crippen LogP contribution in [0.5, 0.6) is 0 Å². The monoisotopic (exact) mass is 459 g/mol. The van der Waals surface area contributed by atoms with Crippen molar-refractivity contribution < 1.29 is 19.5 Å². The lowest BCUT2D eigenvalue weighted by Crippen LogP contribution is -2.39. The molecule has 7 nitrogen and oxygen atoms in total. The Labute approximate surface area is 198 Å². The van der Waals surface area contributed by atoms with Gasteiger partial charge in [0.25, 0.3) is 5.91 Å². The lowest BCUT2D eigenvalue weighted by atomic mass is 9.97. The molecule has 176 valence electrons. The maximum atomic E-state index is 12.8. The molecule has 7 heteroatoms. The smallest absolute Gasteiger partial charge is 0.253 e. The Morgan fingerprint density at radius 2 is 1.65 bits per heavy atom. The number of carbonyl (C=O) groups is 3. The molecule has 1 fully saturated rings. The fourth-order valence-electron chi connectivity index (χ4n) is 4.30. The predicted octanol–water partition coefficient (Wildman–Crippen LogP) is 2.98. The summed E-state index contributed by atoms with van der Waals surface area (Å²) in [6.07, 6.45) is 1.76. The van der Waals surface area contributed by atoms with Crippen LogP contribution in [0.3, 0.4) is 0 Å². The number of rotatable bonds is 7. The van der Waals surface area contributed by atoms with E-state index >= 15 is 0 Å². The number of piperidine rings is 1. The number of carbonyl (C=O) groups excluding carboxylic acids is 3. The van der Waals surface area contributed by atoms with Crippen LogP contribution >= 0.6 is 0 Å². The molecule has 3 amide bonds. The van der Waals surface area contributed by atoms with Crippen molar-refractivity contribution in [2.45, 2.75) is 19.3 Å². The van der Waals surface area contributed by atoms with Gasteiger partial charge in [-0.25, -0.2) is 0 Å². The van der Waals surface area contributed by atoms with Crippen LogP contribution in [0.1, 0.15) is 28.8 Å². The number of aliphatic hydroxyl groups excluding tert-OH is 1. The number of aliphatic hydroxyl groups is 1.